The number of para-hydroxylation sites is 1. The SMILES string of the molecule is CCOC(=O)Cn1c(=NC(=O)c2ccc(S(=O)(=O)N(C)C3CCCCC3)cc2)sc2cccc(Cl)c21. The van der Waals surface area contributed by atoms with Crippen LogP contribution in [-0.4, -0.2) is 48.9 Å². The maximum Gasteiger partial charge on any atom is 0.326 e. The van der Waals surface area contributed by atoms with E-state index in [9.17, 15) is 18.0 Å². The van der Waals surface area contributed by atoms with E-state index in [0.29, 0.717) is 15.3 Å². The zero-order valence-electron chi connectivity index (χ0n) is 20.1. The van der Waals surface area contributed by atoms with Gasteiger partial charge in [-0.05, 0) is 56.2 Å². The van der Waals surface area contributed by atoms with Crippen LogP contribution in [0.4, 0.5) is 0 Å². The van der Waals surface area contributed by atoms with Crippen molar-refractivity contribution in [2.45, 2.75) is 56.5 Å². The number of hydrogen-bond acceptors (Lipinski definition) is 6. The molecule has 0 atom stereocenters. The fourth-order valence-corrected chi connectivity index (χ4v) is 7.19. The number of thiazole rings is 1. The number of fused-ring (bicyclic) bond motifs is 1. The third-order valence-corrected chi connectivity index (χ3v) is 9.58. The molecule has 1 aromatic heterocycles. The molecule has 11 heteroatoms. The van der Waals surface area contributed by atoms with Gasteiger partial charge in [0.2, 0.25) is 10.0 Å². The van der Waals surface area contributed by atoms with E-state index < -0.39 is 21.9 Å². The average Bonchev–Trinajstić information content (AvgIpc) is 3.22. The molecule has 1 heterocycles. The molecule has 36 heavy (non-hydrogen) atoms. The van der Waals surface area contributed by atoms with E-state index in [1.165, 1.54) is 39.9 Å². The predicted octanol–water partition coefficient (Wildman–Crippen LogP) is 4.61. The number of benzene rings is 2. The smallest absolute Gasteiger partial charge is 0.326 e. The van der Waals surface area contributed by atoms with Crippen molar-refractivity contribution in [1.82, 2.24) is 8.87 Å². The molecular weight excluding hydrogens is 522 g/mol. The van der Waals surface area contributed by atoms with Crippen LogP contribution < -0.4 is 4.80 Å². The second-order valence-electron chi connectivity index (χ2n) is 8.62. The standard InChI is InChI=1S/C25H28ClN3O5S2/c1-3-34-22(30)16-29-23-20(26)10-7-11-21(23)35-25(29)27-24(31)17-12-14-19(15-13-17)36(32,33)28(2)18-8-5-4-6-9-18/h7,10-15,18H,3-6,8-9,16H2,1-2H3. The first-order valence-electron chi connectivity index (χ1n) is 11.8. The summed E-state index contributed by atoms with van der Waals surface area (Å²) in [6.07, 6.45) is 4.90. The Labute approximate surface area is 219 Å². The quantitative estimate of drug-likeness (QED) is 0.401. The molecule has 0 radical (unpaired) electrons. The first kappa shape index (κ1) is 26.5. The number of halogens is 1. The summed E-state index contributed by atoms with van der Waals surface area (Å²) >= 11 is 7.61. The Balaban J connectivity index is 1.64. The molecule has 192 valence electrons. The zero-order chi connectivity index (χ0) is 25.9. The maximum atomic E-state index is 13.1. The van der Waals surface area contributed by atoms with Gasteiger partial charge in [-0.2, -0.15) is 9.30 Å². The van der Waals surface area contributed by atoms with E-state index in [1.54, 1.807) is 30.7 Å². The topological polar surface area (TPSA) is 98.0 Å². The zero-order valence-corrected chi connectivity index (χ0v) is 22.5. The van der Waals surface area contributed by atoms with Crippen LogP contribution in [0.15, 0.2) is 52.4 Å². The number of carbonyl (C=O) groups excluding carboxylic acids is 2. The van der Waals surface area contributed by atoms with Gasteiger partial charge >= 0.3 is 5.97 Å². The van der Waals surface area contributed by atoms with Crippen molar-refractivity contribution in [2.24, 2.45) is 4.99 Å². The summed E-state index contributed by atoms with van der Waals surface area (Å²) < 4.78 is 35.0. The fourth-order valence-electron chi connectivity index (χ4n) is 4.38. The second kappa shape index (κ2) is 11.2. The highest BCUT2D eigenvalue weighted by molar-refractivity contribution is 7.89. The summed E-state index contributed by atoms with van der Waals surface area (Å²) in [4.78, 5) is 29.9. The van der Waals surface area contributed by atoms with Gasteiger partial charge in [0.25, 0.3) is 5.91 Å². The van der Waals surface area contributed by atoms with Crippen LogP contribution in [0.3, 0.4) is 0 Å². The van der Waals surface area contributed by atoms with Crippen LogP contribution in [0, 0.1) is 0 Å². The maximum absolute atomic E-state index is 13.1. The lowest BCUT2D eigenvalue weighted by Crippen LogP contribution is -2.38. The molecule has 1 aliphatic rings. The number of esters is 1. The molecule has 3 aromatic rings. The van der Waals surface area contributed by atoms with E-state index in [4.69, 9.17) is 16.3 Å². The van der Waals surface area contributed by atoms with E-state index in [2.05, 4.69) is 4.99 Å². The molecule has 4 rings (SSSR count). The van der Waals surface area contributed by atoms with E-state index >= 15 is 0 Å². The van der Waals surface area contributed by atoms with Gasteiger partial charge in [-0.3, -0.25) is 9.59 Å². The normalized spacial score (nSPS) is 15.5. The van der Waals surface area contributed by atoms with Crippen LogP contribution in [0.2, 0.25) is 5.02 Å². The van der Waals surface area contributed by atoms with Crippen molar-refractivity contribution in [2.75, 3.05) is 13.7 Å². The lowest BCUT2D eigenvalue weighted by atomic mass is 9.96. The van der Waals surface area contributed by atoms with Crippen molar-refractivity contribution < 1.29 is 22.7 Å². The minimum atomic E-state index is -3.66. The lowest BCUT2D eigenvalue weighted by molar-refractivity contribution is -0.143. The minimum Gasteiger partial charge on any atom is -0.465 e. The molecule has 1 aliphatic carbocycles. The number of nitrogens with zero attached hydrogens (tertiary/aromatic N) is 3. The number of rotatable bonds is 7. The lowest BCUT2D eigenvalue weighted by Gasteiger charge is -2.30. The Morgan fingerprint density at radius 1 is 1.14 bits per heavy atom. The average molecular weight is 550 g/mol. The highest BCUT2D eigenvalue weighted by atomic mass is 35.5. The summed E-state index contributed by atoms with van der Waals surface area (Å²) in [5.74, 6) is -1.03. The predicted molar refractivity (Wildman–Crippen MR) is 140 cm³/mol. The number of ether oxygens (including phenoxy) is 1. The number of hydrogen-bond donors (Lipinski definition) is 0. The number of sulfonamides is 1. The molecule has 0 saturated heterocycles. The van der Waals surface area contributed by atoms with Gasteiger partial charge in [0.1, 0.15) is 6.54 Å². The summed E-state index contributed by atoms with van der Waals surface area (Å²) in [6.45, 7) is 1.80. The molecule has 0 bridgehead atoms. The van der Waals surface area contributed by atoms with Crippen LogP contribution in [-0.2, 0) is 26.1 Å². The van der Waals surface area contributed by atoms with E-state index in [0.717, 1.165) is 36.8 Å². The van der Waals surface area contributed by atoms with Crippen molar-refractivity contribution in [3.05, 3.63) is 57.9 Å². The van der Waals surface area contributed by atoms with Gasteiger partial charge in [-0.1, -0.05) is 48.3 Å². The molecule has 1 amide bonds. The molecular formula is C25H28ClN3O5S2. The van der Waals surface area contributed by atoms with Crippen LogP contribution >= 0.6 is 22.9 Å². The van der Waals surface area contributed by atoms with Crippen LogP contribution in [0.5, 0.6) is 0 Å². The summed E-state index contributed by atoms with van der Waals surface area (Å²) in [5.41, 5.74) is 0.830. The Hall–Kier alpha value is -2.53. The highest BCUT2D eigenvalue weighted by Gasteiger charge is 2.29. The summed E-state index contributed by atoms with van der Waals surface area (Å²) in [7, 11) is -2.04. The molecule has 2 aromatic carbocycles. The molecule has 0 unspecified atom stereocenters. The molecule has 0 aliphatic heterocycles. The Bertz CT molecular complexity index is 1440. The summed E-state index contributed by atoms with van der Waals surface area (Å²) in [5, 5.41) is 0.429. The van der Waals surface area contributed by atoms with Crippen molar-refractivity contribution in [1.29, 1.82) is 0 Å². The van der Waals surface area contributed by atoms with Crippen molar-refractivity contribution >= 4 is 55.1 Å². The number of aromatic nitrogens is 1. The van der Waals surface area contributed by atoms with Crippen molar-refractivity contribution in [3.8, 4) is 0 Å². The van der Waals surface area contributed by atoms with Gasteiger partial charge in [0.05, 0.1) is 26.7 Å². The van der Waals surface area contributed by atoms with E-state index in [1.807, 2.05) is 6.07 Å². The Morgan fingerprint density at radius 3 is 2.50 bits per heavy atom. The van der Waals surface area contributed by atoms with E-state index in [-0.39, 0.29) is 29.7 Å². The Kier molecular flexibility index (Phi) is 8.29. The highest BCUT2D eigenvalue weighted by Crippen LogP contribution is 2.27. The molecule has 0 N–H and O–H groups in total. The number of carbonyl (C=O) groups is 2. The van der Waals surface area contributed by atoms with Gasteiger partial charge in [-0.15, -0.1) is 0 Å². The largest absolute Gasteiger partial charge is 0.465 e. The first-order chi connectivity index (χ1) is 17.2. The third-order valence-electron chi connectivity index (χ3n) is 6.31. The second-order valence-corrected chi connectivity index (χ2v) is 12.0. The molecule has 1 saturated carbocycles. The first-order valence-corrected chi connectivity index (χ1v) is 14.5. The van der Waals surface area contributed by atoms with Gasteiger partial charge < -0.3 is 9.30 Å². The molecule has 8 nitrogen and oxygen atoms in total. The van der Waals surface area contributed by atoms with Gasteiger partial charge in [-0.25, -0.2) is 8.42 Å². The van der Waals surface area contributed by atoms with Gasteiger partial charge in [0, 0.05) is 18.7 Å². The third kappa shape index (κ3) is 5.56. The summed E-state index contributed by atoms with van der Waals surface area (Å²) in [6, 6.07) is 11.1. The molecule has 1 fully saturated rings. The monoisotopic (exact) mass is 549 g/mol. The fraction of sp³-hybridized carbons (Fsp3) is 0.400. The minimum absolute atomic E-state index is 0.00492. The van der Waals surface area contributed by atoms with Crippen molar-refractivity contribution in [3.63, 3.8) is 0 Å². The molecule has 0 spiro atoms. The number of amides is 1. The Morgan fingerprint density at radius 2 is 1.83 bits per heavy atom. The van der Waals surface area contributed by atoms with Crippen LogP contribution in [0.25, 0.3) is 10.2 Å². The van der Waals surface area contributed by atoms with Crippen LogP contribution in [0.1, 0.15) is 49.4 Å². The van der Waals surface area contributed by atoms with Gasteiger partial charge in [0.15, 0.2) is 4.80 Å².